The molecule has 5 nitrogen and oxygen atoms in total. The van der Waals surface area contributed by atoms with Gasteiger partial charge in [-0.1, -0.05) is 0 Å². The van der Waals surface area contributed by atoms with Gasteiger partial charge < -0.3 is 9.84 Å². The Morgan fingerprint density at radius 1 is 1.79 bits per heavy atom. The van der Waals surface area contributed by atoms with Crippen LogP contribution in [0.1, 0.15) is 18.3 Å². The minimum atomic E-state index is -0.955. The van der Waals surface area contributed by atoms with E-state index < -0.39 is 12.1 Å². The Bertz CT molecular complexity index is 333. The molecule has 0 saturated carbocycles. The van der Waals surface area contributed by atoms with Crippen LogP contribution in [0.3, 0.4) is 0 Å². The lowest BCUT2D eigenvalue weighted by molar-refractivity contribution is -0.150. The molecule has 0 aliphatic heterocycles. The summed E-state index contributed by atoms with van der Waals surface area (Å²) >= 11 is 0. The summed E-state index contributed by atoms with van der Waals surface area (Å²) in [5.41, 5.74) is 1.77. The number of hydrogen-bond acceptors (Lipinski definition) is 3. The first kappa shape index (κ1) is 10.7. The van der Waals surface area contributed by atoms with Gasteiger partial charge in [-0.15, -0.1) is 0 Å². The quantitative estimate of drug-likeness (QED) is 0.774. The Kier molecular flexibility index (Phi) is 3.24. The van der Waals surface area contributed by atoms with E-state index in [4.69, 9.17) is 9.84 Å². The second-order valence-corrected chi connectivity index (χ2v) is 3.19. The zero-order valence-electron chi connectivity index (χ0n) is 8.52. The summed E-state index contributed by atoms with van der Waals surface area (Å²) < 4.78 is 6.81. The van der Waals surface area contributed by atoms with Gasteiger partial charge in [-0.25, -0.2) is 4.79 Å². The Hall–Kier alpha value is -1.36. The largest absolute Gasteiger partial charge is 0.479 e. The fourth-order valence-corrected chi connectivity index (χ4v) is 1.08. The summed E-state index contributed by atoms with van der Waals surface area (Å²) in [5.74, 6) is -0.955. The molecule has 0 fully saturated rings. The van der Waals surface area contributed by atoms with Crippen LogP contribution in [0.2, 0.25) is 0 Å². The van der Waals surface area contributed by atoms with E-state index in [1.165, 1.54) is 6.92 Å². The van der Waals surface area contributed by atoms with E-state index in [0.717, 1.165) is 11.4 Å². The van der Waals surface area contributed by atoms with Gasteiger partial charge in [-0.3, -0.25) is 4.68 Å². The molecule has 0 radical (unpaired) electrons. The molecule has 0 saturated heterocycles. The number of rotatable bonds is 4. The summed E-state index contributed by atoms with van der Waals surface area (Å²) in [6.45, 7) is 3.65. The van der Waals surface area contributed by atoms with E-state index in [9.17, 15) is 4.79 Å². The standard InChI is InChI=1S/C9H14N2O3/c1-6-4-8(11(3)10-6)5-14-7(2)9(12)13/h4,7H,5H2,1-3H3,(H,12,13). The highest BCUT2D eigenvalue weighted by Gasteiger charge is 2.12. The van der Waals surface area contributed by atoms with Crippen LogP contribution in [-0.4, -0.2) is 27.0 Å². The van der Waals surface area contributed by atoms with Crippen molar-refractivity contribution in [2.24, 2.45) is 7.05 Å². The summed E-state index contributed by atoms with van der Waals surface area (Å²) in [6, 6.07) is 1.87. The zero-order valence-corrected chi connectivity index (χ0v) is 8.52. The van der Waals surface area contributed by atoms with Crippen LogP contribution < -0.4 is 0 Å². The van der Waals surface area contributed by atoms with Crippen LogP contribution in [-0.2, 0) is 23.2 Å². The molecule has 0 aliphatic carbocycles. The smallest absolute Gasteiger partial charge is 0.332 e. The number of aryl methyl sites for hydroxylation is 2. The molecule has 0 aliphatic rings. The lowest BCUT2D eigenvalue weighted by atomic mass is 10.3. The van der Waals surface area contributed by atoms with Crippen LogP contribution >= 0.6 is 0 Å². The predicted octanol–water partition coefficient (Wildman–Crippen LogP) is 0.718. The Morgan fingerprint density at radius 3 is 2.86 bits per heavy atom. The fraction of sp³-hybridized carbons (Fsp3) is 0.556. The highest BCUT2D eigenvalue weighted by Crippen LogP contribution is 2.05. The third-order valence-corrected chi connectivity index (χ3v) is 1.93. The maximum absolute atomic E-state index is 10.5. The number of carboxylic acid groups (broad SMARTS) is 1. The second-order valence-electron chi connectivity index (χ2n) is 3.19. The normalized spacial score (nSPS) is 12.8. The summed E-state index contributed by atoms with van der Waals surface area (Å²) in [4.78, 5) is 10.5. The van der Waals surface area contributed by atoms with E-state index in [1.54, 1.807) is 11.7 Å². The molecule has 1 atom stereocenters. The molecule has 0 amide bonds. The Morgan fingerprint density at radius 2 is 2.43 bits per heavy atom. The Labute approximate surface area is 82.3 Å². The molecule has 1 aromatic rings. The maximum Gasteiger partial charge on any atom is 0.332 e. The molecule has 0 aromatic carbocycles. The highest BCUT2D eigenvalue weighted by atomic mass is 16.5. The van der Waals surface area contributed by atoms with Crippen LogP contribution in [0.4, 0.5) is 0 Å². The van der Waals surface area contributed by atoms with E-state index in [-0.39, 0.29) is 6.61 Å². The number of aliphatic carboxylic acids is 1. The number of carboxylic acids is 1. The highest BCUT2D eigenvalue weighted by molar-refractivity contribution is 5.71. The van der Waals surface area contributed by atoms with E-state index >= 15 is 0 Å². The minimum absolute atomic E-state index is 0.269. The molecule has 0 spiro atoms. The molecule has 78 valence electrons. The van der Waals surface area contributed by atoms with Gasteiger partial charge in [0.15, 0.2) is 6.10 Å². The first-order valence-corrected chi connectivity index (χ1v) is 4.34. The number of ether oxygens (including phenoxy) is 1. The molecule has 1 aromatic heterocycles. The van der Waals surface area contributed by atoms with Crippen molar-refractivity contribution in [1.29, 1.82) is 0 Å². The predicted molar refractivity (Wildman–Crippen MR) is 49.8 cm³/mol. The third-order valence-electron chi connectivity index (χ3n) is 1.93. The summed E-state index contributed by atoms with van der Waals surface area (Å²) in [6.07, 6.45) is -0.787. The molecule has 5 heteroatoms. The average molecular weight is 198 g/mol. The molecule has 1 rings (SSSR count). The van der Waals surface area contributed by atoms with E-state index in [2.05, 4.69) is 5.10 Å². The van der Waals surface area contributed by atoms with Crippen molar-refractivity contribution in [3.05, 3.63) is 17.5 Å². The van der Waals surface area contributed by atoms with Crippen molar-refractivity contribution < 1.29 is 14.6 Å². The van der Waals surface area contributed by atoms with Crippen LogP contribution in [0.5, 0.6) is 0 Å². The molecule has 1 unspecified atom stereocenters. The van der Waals surface area contributed by atoms with Crippen LogP contribution in [0.15, 0.2) is 6.07 Å². The van der Waals surface area contributed by atoms with Gasteiger partial charge in [-0.05, 0) is 19.9 Å². The maximum atomic E-state index is 10.5. The topological polar surface area (TPSA) is 64.3 Å². The zero-order chi connectivity index (χ0) is 10.7. The molecular weight excluding hydrogens is 184 g/mol. The lowest BCUT2D eigenvalue weighted by Gasteiger charge is -2.07. The number of carbonyl (C=O) groups is 1. The number of nitrogens with zero attached hydrogens (tertiary/aromatic N) is 2. The fourth-order valence-electron chi connectivity index (χ4n) is 1.08. The van der Waals surface area contributed by atoms with Gasteiger partial charge in [0.1, 0.15) is 0 Å². The van der Waals surface area contributed by atoms with Crippen molar-refractivity contribution in [2.75, 3.05) is 0 Å². The van der Waals surface area contributed by atoms with E-state index in [1.807, 2.05) is 13.0 Å². The Balaban J connectivity index is 2.53. The van der Waals surface area contributed by atoms with Crippen molar-refractivity contribution in [1.82, 2.24) is 9.78 Å². The van der Waals surface area contributed by atoms with Gasteiger partial charge in [0.2, 0.25) is 0 Å². The second kappa shape index (κ2) is 4.23. The van der Waals surface area contributed by atoms with Gasteiger partial charge in [-0.2, -0.15) is 5.10 Å². The van der Waals surface area contributed by atoms with Gasteiger partial charge in [0.25, 0.3) is 0 Å². The van der Waals surface area contributed by atoms with Crippen LogP contribution in [0.25, 0.3) is 0 Å². The van der Waals surface area contributed by atoms with Gasteiger partial charge in [0, 0.05) is 7.05 Å². The monoisotopic (exact) mass is 198 g/mol. The third kappa shape index (κ3) is 2.56. The molecule has 0 bridgehead atoms. The molecular formula is C9H14N2O3. The molecule has 1 N–H and O–H groups in total. The van der Waals surface area contributed by atoms with Crippen molar-refractivity contribution in [3.63, 3.8) is 0 Å². The minimum Gasteiger partial charge on any atom is -0.479 e. The van der Waals surface area contributed by atoms with Gasteiger partial charge >= 0.3 is 5.97 Å². The number of hydrogen-bond donors (Lipinski definition) is 1. The average Bonchev–Trinajstić information content (AvgIpc) is 2.40. The SMILES string of the molecule is Cc1cc(COC(C)C(=O)O)n(C)n1. The first-order chi connectivity index (χ1) is 6.50. The van der Waals surface area contributed by atoms with Crippen molar-refractivity contribution >= 4 is 5.97 Å². The van der Waals surface area contributed by atoms with Crippen LogP contribution in [0, 0.1) is 6.92 Å². The molecule has 14 heavy (non-hydrogen) atoms. The molecule has 1 heterocycles. The number of aromatic nitrogens is 2. The summed E-state index contributed by atoms with van der Waals surface area (Å²) in [7, 11) is 1.80. The van der Waals surface area contributed by atoms with Crippen molar-refractivity contribution in [2.45, 2.75) is 26.6 Å². The van der Waals surface area contributed by atoms with E-state index in [0.29, 0.717) is 0 Å². The first-order valence-electron chi connectivity index (χ1n) is 4.34. The lowest BCUT2D eigenvalue weighted by Crippen LogP contribution is -2.20. The van der Waals surface area contributed by atoms with Gasteiger partial charge in [0.05, 0.1) is 18.0 Å². The van der Waals surface area contributed by atoms with Crippen molar-refractivity contribution in [3.8, 4) is 0 Å². The summed E-state index contributed by atoms with van der Waals surface area (Å²) in [5, 5.41) is 12.7.